The zero-order valence-corrected chi connectivity index (χ0v) is 14.1. The quantitative estimate of drug-likeness (QED) is 0.889. The third-order valence-electron chi connectivity index (χ3n) is 3.76. The number of likely N-dealkylation sites (N-methyl/N-ethyl adjacent to an activating group) is 1. The summed E-state index contributed by atoms with van der Waals surface area (Å²) in [5, 5.41) is 0. The maximum atomic E-state index is 5.99. The molecule has 1 aliphatic rings. The molecule has 0 saturated carbocycles. The van der Waals surface area contributed by atoms with Crippen molar-refractivity contribution < 1.29 is 4.74 Å². The number of hydrogen-bond donors (Lipinski definition) is 1. The summed E-state index contributed by atoms with van der Waals surface area (Å²) in [5.74, 6) is 0.650. The Morgan fingerprint density at radius 1 is 1.63 bits per heavy atom. The number of thiophene rings is 1. The van der Waals surface area contributed by atoms with Crippen LogP contribution in [0.25, 0.3) is 0 Å². The minimum absolute atomic E-state index is 0.317. The fourth-order valence-electron chi connectivity index (χ4n) is 2.64. The molecule has 1 aromatic heterocycles. The number of halogens is 1. The van der Waals surface area contributed by atoms with E-state index in [1.807, 2.05) is 11.3 Å². The van der Waals surface area contributed by atoms with Crippen molar-refractivity contribution in [2.45, 2.75) is 25.8 Å². The average Bonchev–Trinajstić information content (AvgIpc) is 2.71. The molecule has 2 rings (SSSR count). The second kappa shape index (κ2) is 7.18. The van der Waals surface area contributed by atoms with Gasteiger partial charge in [-0.05, 0) is 54.7 Å². The molecule has 19 heavy (non-hydrogen) atoms. The van der Waals surface area contributed by atoms with Gasteiger partial charge >= 0.3 is 0 Å². The molecular formula is C14H23BrN2OS. The summed E-state index contributed by atoms with van der Waals surface area (Å²) in [5.41, 5.74) is 5.99. The lowest BCUT2D eigenvalue weighted by Gasteiger charge is -2.31. The molecule has 5 heteroatoms. The molecule has 108 valence electrons. The van der Waals surface area contributed by atoms with E-state index >= 15 is 0 Å². The van der Waals surface area contributed by atoms with Crippen LogP contribution in [0.5, 0.6) is 0 Å². The molecule has 1 aliphatic heterocycles. The first kappa shape index (κ1) is 15.4. The molecule has 2 unspecified atom stereocenters. The first-order valence-corrected chi connectivity index (χ1v) is 8.46. The average molecular weight is 347 g/mol. The number of nitrogens with two attached hydrogens (primary N) is 1. The monoisotopic (exact) mass is 346 g/mol. The van der Waals surface area contributed by atoms with E-state index in [4.69, 9.17) is 10.5 Å². The second-order valence-electron chi connectivity index (χ2n) is 5.33. The predicted molar refractivity (Wildman–Crippen MR) is 84.7 cm³/mol. The van der Waals surface area contributed by atoms with Gasteiger partial charge in [0.25, 0.3) is 0 Å². The van der Waals surface area contributed by atoms with Crippen LogP contribution in [0, 0.1) is 12.8 Å². The molecule has 0 aromatic carbocycles. The summed E-state index contributed by atoms with van der Waals surface area (Å²) in [6.07, 6.45) is 2.46. The van der Waals surface area contributed by atoms with E-state index in [0.717, 1.165) is 19.8 Å². The van der Waals surface area contributed by atoms with Crippen LogP contribution in [0.15, 0.2) is 10.5 Å². The van der Waals surface area contributed by atoms with Crippen molar-refractivity contribution in [3.63, 3.8) is 0 Å². The molecule has 0 aliphatic carbocycles. The minimum atomic E-state index is 0.317. The third kappa shape index (κ3) is 4.02. The number of nitrogens with zero attached hydrogens (tertiary/aromatic N) is 1. The van der Waals surface area contributed by atoms with Gasteiger partial charge < -0.3 is 10.5 Å². The molecule has 2 heterocycles. The fourth-order valence-corrected chi connectivity index (χ4v) is 4.38. The lowest BCUT2D eigenvalue weighted by molar-refractivity contribution is 0.0367. The largest absolute Gasteiger partial charge is 0.381 e. The molecular weight excluding hydrogens is 324 g/mol. The van der Waals surface area contributed by atoms with Gasteiger partial charge in [-0.3, -0.25) is 4.90 Å². The molecule has 1 fully saturated rings. The van der Waals surface area contributed by atoms with E-state index < -0.39 is 0 Å². The van der Waals surface area contributed by atoms with Crippen LogP contribution >= 0.6 is 27.3 Å². The Morgan fingerprint density at radius 2 is 2.42 bits per heavy atom. The van der Waals surface area contributed by atoms with Gasteiger partial charge in [0, 0.05) is 33.9 Å². The van der Waals surface area contributed by atoms with E-state index in [-0.39, 0.29) is 0 Å². The Hall–Kier alpha value is 0.0600. The standard InChI is InChI=1S/C14H23BrN2OS/c1-10-12(15)6-14(19-10)13(7-16)17(2)8-11-4-3-5-18-9-11/h6,11,13H,3-5,7-9,16H2,1-2H3. The highest BCUT2D eigenvalue weighted by atomic mass is 79.9. The molecule has 3 nitrogen and oxygen atoms in total. The van der Waals surface area contributed by atoms with Crippen LogP contribution < -0.4 is 5.73 Å². The van der Waals surface area contributed by atoms with Crippen LogP contribution in [0.1, 0.15) is 28.6 Å². The van der Waals surface area contributed by atoms with Crippen molar-refractivity contribution in [2.24, 2.45) is 11.7 Å². The van der Waals surface area contributed by atoms with Crippen molar-refractivity contribution in [3.05, 3.63) is 20.3 Å². The van der Waals surface area contributed by atoms with Gasteiger partial charge in [-0.15, -0.1) is 11.3 Å². The number of hydrogen-bond acceptors (Lipinski definition) is 4. The van der Waals surface area contributed by atoms with E-state index in [0.29, 0.717) is 18.5 Å². The lowest BCUT2D eigenvalue weighted by atomic mass is 10.0. The fraction of sp³-hybridized carbons (Fsp3) is 0.714. The molecule has 2 atom stereocenters. The maximum Gasteiger partial charge on any atom is 0.0562 e. The van der Waals surface area contributed by atoms with E-state index in [1.54, 1.807) is 0 Å². The first-order chi connectivity index (χ1) is 9.11. The summed E-state index contributed by atoms with van der Waals surface area (Å²) < 4.78 is 6.76. The van der Waals surface area contributed by atoms with Crippen molar-refractivity contribution in [2.75, 3.05) is 33.4 Å². The van der Waals surface area contributed by atoms with Crippen LogP contribution in [0.3, 0.4) is 0 Å². The van der Waals surface area contributed by atoms with E-state index in [9.17, 15) is 0 Å². The van der Waals surface area contributed by atoms with Gasteiger partial charge in [-0.1, -0.05) is 0 Å². The lowest BCUT2D eigenvalue weighted by Crippen LogP contribution is -2.36. The van der Waals surface area contributed by atoms with Crippen molar-refractivity contribution in [1.82, 2.24) is 4.90 Å². The second-order valence-corrected chi connectivity index (χ2v) is 7.47. The normalized spacial score (nSPS) is 21.8. The Kier molecular flexibility index (Phi) is 5.84. The van der Waals surface area contributed by atoms with Crippen molar-refractivity contribution >= 4 is 27.3 Å². The van der Waals surface area contributed by atoms with E-state index in [2.05, 4.69) is 40.9 Å². The van der Waals surface area contributed by atoms with Crippen LogP contribution in [-0.2, 0) is 4.74 Å². The van der Waals surface area contributed by atoms with Gasteiger partial charge in [0.15, 0.2) is 0 Å². The zero-order chi connectivity index (χ0) is 13.8. The molecule has 0 bridgehead atoms. The number of ether oxygens (including phenoxy) is 1. The van der Waals surface area contributed by atoms with Crippen LogP contribution in [0.4, 0.5) is 0 Å². The summed E-state index contributed by atoms with van der Waals surface area (Å²) in [4.78, 5) is 5.06. The highest BCUT2D eigenvalue weighted by Gasteiger charge is 2.22. The van der Waals surface area contributed by atoms with Crippen molar-refractivity contribution in [1.29, 1.82) is 0 Å². The van der Waals surface area contributed by atoms with Gasteiger partial charge in [-0.25, -0.2) is 0 Å². The Morgan fingerprint density at radius 3 is 2.95 bits per heavy atom. The topological polar surface area (TPSA) is 38.5 Å². The Labute approximate surface area is 128 Å². The molecule has 0 radical (unpaired) electrons. The smallest absolute Gasteiger partial charge is 0.0562 e. The highest BCUT2D eigenvalue weighted by molar-refractivity contribution is 9.10. The minimum Gasteiger partial charge on any atom is -0.381 e. The summed E-state index contributed by atoms with van der Waals surface area (Å²) >= 11 is 5.43. The first-order valence-electron chi connectivity index (χ1n) is 6.85. The zero-order valence-electron chi connectivity index (χ0n) is 11.7. The Bertz CT molecular complexity index is 385. The number of rotatable bonds is 5. The Balaban J connectivity index is 1.99. The molecule has 2 N–H and O–H groups in total. The van der Waals surface area contributed by atoms with Gasteiger partial charge in [-0.2, -0.15) is 0 Å². The van der Waals surface area contributed by atoms with Gasteiger partial charge in [0.2, 0.25) is 0 Å². The van der Waals surface area contributed by atoms with Crippen LogP contribution in [-0.4, -0.2) is 38.3 Å². The summed E-state index contributed by atoms with van der Waals surface area (Å²) in [6, 6.07) is 2.53. The molecule has 1 saturated heterocycles. The van der Waals surface area contributed by atoms with Crippen molar-refractivity contribution in [3.8, 4) is 0 Å². The summed E-state index contributed by atoms with van der Waals surface area (Å²) in [6.45, 7) is 5.69. The maximum absolute atomic E-state index is 5.99. The third-order valence-corrected chi connectivity index (χ3v) is 6.00. The van der Waals surface area contributed by atoms with Gasteiger partial charge in [0.1, 0.15) is 0 Å². The summed E-state index contributed by atoms with van der Waals surface area (Å²) in [7, 11) is 2.18. The van der Waals surface area contributed by atoms with E-state index in [1.165, 1.54) is 27.1 Å². The highest BCUT2D eigenvalue weighted by Crippen LogP contribution is 2.33. The van der Waals surface area contributed by atoms with Gasteiger partial charge in [0.05, 0.1) is 12.6 Å². The van der Waals surface area contributed by atoms with Crippen LogP contribution in [0.2, 0.25) is 0 Å². The molecule has 1 aromatic rings. The molecule has 0 spiro atoms. The SMILES string of the molecule is Cc1sc(C(CN)N(C)CC2CCCOC2)cc1Br. The molecule has 0 amide bonds. The predicted octanol–water partition coefficient (Wildman–Crippen LogP) is 3.18. The number of aryl methyl sites for hydroxylation is 1.